The largest absolute Gasteiger partial charge is 0.497 e. The van der Waals surface area contributed by atoms with Crippen LogP contribution in [0, 0.1) is 13.8 Å². The number of nitrogens with one attached hydrogen (secondary N) is 1. The quantitative estimate of drug-likeness (QED) is 0.617. The minimum Gasteiger partial charge on any atom is -0.497 e. The van der Waals surface area contributed by atoms with Crippen LogP contribution in [0.25, 0.3) is 0 Å². The van der Waals surface area contributed by atoms with E-state index in [4.69, 9.17) is 4.74 Å². The molecular weight excluding hydrogens is 356 g/mol. The molecule has 0 aliphatic heterocycles. The summed E-state index contributed by atoms with van der Waals surface area (Å²) in [5, 5.41) is 5.27. The van der Waals surface area contributed by atoms with Crippen molar-refractivity contribution in [3.8, 4) is 5.75 Å². The van der Waals surface area contributed by atoms with Crippen molar-refractivity contribution in [3.05, 3.63) is 75.2 Å². The summed E-state index contributed by atoms with van der Waals surface area (Å²) >= 11 is 1.74. The van der Waals surface area contributed by atoms with Crippen LogP contribution in [0.15, 0.2) is 47.8 Å². The number of rotatable bonds is 7. The second kappa shape index (κ2) is 8.44. The van der Waals surface area contributed by atoms with Crippen molar-refractivity contribution in [2.45, 2.75) is 39.8 Å². The van der Waals surface area contributed by atoms with Crippen LogP contribution in [0.1, 0.15) is 51.6 Å². The third-order valence-electron chi connectivity index (χ3n) is 4.94. The smallest absolute Gasteiger partial charge is 0.253 e. The van der Waals surface area contributed by atoms with Gasteiger partial charge in [-0.05, 0) is 55.5 Å². The van der Waals surface area contributed by atoms with Gasteiger partial charge in [-0.1, -0.05) is 25.1 Å². The number of aromatic nitrogens is 1. The van der Waals surface area contributed by atoms with Crippen molar-refractivity contribution in [1.29, 1.82) is 0 Å². The van der Waals surface area contributed by atoms with Crippen molar-refractivity contribution in [3.63, 3.8) is 0 Å². The molecule has 27 heavy (non-hydrogen) atoms. The normalized spacial score (nSPS) is 12.0. The van der Waals surface area contributed by atoms with Crippen LogP contribution in [0.4, 0.5) is 0 Å². The van der Waals surface area contributed by atoms with Crippen molar-refractivity contribution >= 4 is 17.2 Å². The van der Waals surface area contributed by atoms with Crippen LogP contribution in [0.5, 0.6) is 5.75 Å². The number of methoxy groups -OCH3 is 1. The van der Waals surface area contributed by atoms with E-state index in [1.165, 1.54) is 4.88 Å². The summed E-state index contributed by atoms with van der Waals surface area (Å²) in [5.74, 6) is 0.792. The van der Waals surface area contributed by atoms with Crippen LogP contribution in [-0.2, 0) is 6.54 Å². The third kappa shape index (κ3) is 4.25. The van der Waals surface area contributed by atoms with Gasteiger partial charge in [-0.25, -0.2) is 0 Å². The van der Waals surface area contributed by atoms with Gasteiger partial charge in [-0.15, -0.1) is 11.3 Å². The molecule has 2 aromatic heterocycles. The summed E-state index contributed by atoms with van der Waals surface area (Å²) in [6, 6.07) is 14.0. The first kappa shape index (κ1) is 19.2. The summed E-state index contributed by atoms with van der Waals surface area (Å²) in [6.45, 7) is 6.95. The molecule has 0 aliphatic carbocycles. The highest BCUT2D eigenvalue weighted by atomic mass is 32.1. The molecule has 0 aliphatic rings. The first-order valence-corrected chi connectivity index (χ1v) is 10.0. The Morgan fingerprint density at radius 3 is 2.56 bits per heavy atom. The highest BCUT2D eigenvalue weighted by Gasteiger charge is 2.19. The molecule has 1 atom stereocenters. The molecule has 0 radical (unpaired) electrons. The summed E-state index contributed by atoms with van der Waals surface area (Å²) in [5.41, 5.74) is 3.93. The molecule has 4 nitrogen and oxygen atoms in total. The third-order valence-corrected chi connectivity index (χ3v) is 5.81. The summed E-state index contributed by atoms with van der Waals surface area (Å²) in [4.78, 5) is 14.2. The van der Waals surface area contributed by atoms with E-state index in [-0.39, 0.29) is 11.9 Å². The maximum absolute atomic E-state index is 13.0. The highest BCUT2D eigenvalue weighted by molar-refractivity contribution is 7.09. The Morgan fingerprint density at radius 1 is 1.22 bits per heavy atom. The SMILES string of the molecule is CCC(NC(=O)c1cc(C)n(Cc2cccs2)c1C)c1ccc(OC)cc1. The minimum atomic E-state index is -0.0248. The zero-order chi connectivity index (χ0) is 19.4. The molecule has 5 heteroatoms. The van der Waals surface area contributed by atoms with Crippen molar-refractivity contribution < 1.29 is 9.53 Å². The molecule has 0 bridgehead atoms. The number of ether oxygens (including phenoxy) is 1. The van der Waals surface area contributed by atoms with E-state index in [2.05, 4.69) is 41.2 Å². The Morgan fingerprint density at radius 2 is 1.96 bits per heavy atom. The second-order valence-electron chi connectivity index (χ2n) is 6.66. The number of thiophene rings is 1. The molecule has 142 valence electrons. The van der Waals surface area contributed by atoms with E-state index in [0.29, 0.717) is 0 Å². The van der Waals surface area contributed by atoms with Gasteiger partial charge in [0.2, 0.25) is 0 Å². The maximum Gasteiger partial charge on any atom is 0.253 e. The van der Waals surface area contributed by atoms with Gasteiger partial charge in [0.25, 0.3) is 5.91 Å². The van der Waals surface area contributed by atoms with Gasteiger partial charge >= 0.3 is 0 Å². The Bertz CT molecular complexity index is 895. The monoisotopic (exact) mass is 382 g/mol. The van der Waals surface area contributed by atoms with Crippen molar-refractivity contribution in [1.82, 2.24) is 9.88 Å². The fourth-order valence-corrected chi connectivity index (χ4v) is 4.02. The van der Waals surface area contributed by atoms with Gasteiger partial charge in [-0.2, -0.15) is 0 Å². The lowest BCUT2D eigenvalue weighted by molar-refractivity contribution is 0.0935. The van der Waals surface area contributed by atoms with E-state index < -0.39 is 0 Å². The van der Waals surface area contributed by atoms with Crippen LogP contribution >= 0.6 is 11.3 Å². The lowest BCUT2D eigenvalue weighted by atomic mass is 10.0. The number of hydrogen-bond acceptors (Lipinski definition) is 3. The van der Waals surface area contributed by atoms with Gasteiger partial charge < -0.3 is 14.6 Å². The maximum atomic E-state index is 13.0. The average molecular weight is 383 g/mol. The van der Waals surface area contributed by atoms with Gasteiger partial charge in [0.05, 0.1) is 25.3 Å². The standard InChI is InChI=1S/C22H26N2O2S/c1-5-21(17-8-10-18(26-4)11-9-17)23-22(25)20-13-15(2)24(16(20)3)14-19-7-6-12-27-19/h6-13,21H,5,14H2,1-4H3,(H,23,25). The fraction of sp³-hybridized carbons (Fsp3) is 0.318. The van der Waals surface area contributed by atoms with Crippen LogP contribution < -0.4 is 10.1 Å². The molecule has 1 aromatic carbocycles. The molecule has 3 aromatic rings. The average Bonchev–Trinajstić information content (AvgIpc) is 3.30. The topological polar surface area (TPSA) is 43.3 Å². The first-order valence-electron chi connectivity index (χ1n) is 9.17. The molecule has 1 unspecified atom stereocenters. The van der Waals surface area contributed by atoms with Gasteiger partial charge in [0.15, 0.2) is 0 Å². The Labute approximate surface area is 164 Å². The van der Waals surface area contributed by atoms with Gasteiger partial charge in [0, 0.05) is 16.3 Å². The lowest BCUT2D eigenvalue weighted by Gasteiger charge is -2.18. The van der Waals surface area contributed by atoms with Gasteiger partial charge in [-0.3, -0.25) is 4.79 Å². The Balaban J connectivity index is 1.78. The van der Waals surface area contributed by atoms with Crippen molar-refractivity contribution in [2.24, 2.45) is 0 Å². The van der Waals surface area contributed by atoms with E-state index >= 15 is 0 Å². The number of hydrogen-bond donors (Lipinski definition) is 1. The molecule has 0 fully saturated rings. The van der Waals surface area contributed by atoms with E-state index in [0.717, 1.165) is 41.2 Å². The zero-order valence-electron chi connectivity index (χ0n) is 16.3. The summed E-state index contributed by atoms with van der Waals surface area (Å²) < 4.78 is 7.42. The molecule has 2 heterocycles. The minimum absolute atomic E-state index is 0.0243. The number of benzene rings is 1. The first-order chi connectivity index (χ1) is 13.0. The van der Waals surface area contributed by atoms with E-state index in [1.807, 2.05) is 37.3 Å². The second-order valence-corrected chi connectivity index (χ2v) is 7.69. The number of aryl methyl sites for hydroxylation is 1. The van der Waals surface area contributed by atoms with Gasteiger partial charge in [0.1, 0.15) is 5.75 Å². The molecule has 0 saturated heterocycles. The molecule has 0 spiro atoms. The molecule has 0 saturated carbocycles. The number of nitrogens with zero attached hydrogens (tertiary/aromatic N) is 1. The van der Waals surface area contributed by atoms with Crippen LogP contribution in [0.3, 0.4) is 0 Å². The predicted octanol–water partition coefficient (Wildman–Crippen LogP) is 5.10. The number of carbonyl (C=O) groups is 1. The highest BCUT2D eigenvalue weighted by Crippen LogP contribution is 2.23. The fourth-order valence-electron chi connectivity index (χ4n) is 3.33. The number of amides is 1. The Hall–Kier alpha value is -2.53. The molecule has 1 amide bonds. The Kier molecular flexibility index (Phi) is 6.01. The van der Waals surface area contributed by atoms with Crippen LogP contribution in [-0.4, -0.2) is 17.6 Å². The molecule has 1 N–H and O–H groups in total. The summed E-state index contributed by atoms with van der Waals surface area (Å²) in [7, 11) is 1.65. The van der Waals surface area contributed by atoms with Crippen molar-refractivity contribution in [2.75, 3.05) is 7.11 Å². The zero-order valence-corrected chi connectivity index (χ0v) is 17.1. The number of carbonyl (C=O) groups excluding carboxylic acids is 1. The van der Waals surface area contributed by atoms with E-state index in [9.17, 15) is 4.79 Å². The lowest BCUT2D eigenvalue weighted by Crippen LogP contribution is -2.28. The molecule has 3 rings (SSSR count). The summed E-state index contributed by atoms with van der Waals surface area (Å²) in [6.07, 6.45) is 0.825. The predicted molar refractivity (Wildman–Crippen MR) is 111 cm³/mol. The molecular formula is C22H26N2O2S. The van der Waals surface area contributed by atoms with E-state index in [1.54, 1.807) is 18.4 Å². The van der Waals surface area contributed by atoms with Crippen LogP contribution in [0.2, 0.25) is 0 Å².